The second kappa shape index (κ2) is 75.3. The Morgan fingerprint density at radius 3 is 0.748 bits per heavy atom. The molecule has 0 bridgehead atoms. The Balaban J connectivity index is 0.000000388. The fraction of sp³-hybridized carbons (Fsp3) is 0.796. The van der Waals surface area contributed by atoms with Gasteiger partial charge in [0.05, 0.1) is 26.4 Å². The standard InChI is InChI=1S/C27H45N2O8P.C25H42N3O9P.C21H35N2O8P.C19H31N2O8P.CH4/c1-2-3-4-5-6-7-8-9-10-11-12-13-14-15-16-17-20-35-25-24(37-38(33)34)22(21-30)36-26(25)29-19-18-23(31)28-27(29)32;1-2-3-4-5-6-7-10-13-20(30)26-15-11-8-9-12-17-35-23-22(37-38(33)34)19(18-29)36-24(23)28-16-14-21(31)27-25(28)32;1-2-3-4-5-6-7-8-9-10-11-14-29-19-18(31-32(27)28)16(15-24)30-20(19)23-13-12-17(25)22-21(23)26;1-2-3-4-5-6-7-8-9-12-27-17-16(29-30(25)26)14(13-22)28-18(17)21-11-10-15(23)20-19(21)24;/h9-10,18-19,22,24-26,30H,2-8,11-17,20-21H2,1H3,(H-,28,31,32,33,34);14,16,19,22-24,29H,2-13,15,17-18H2,1H3,(H2-,26,27,30,31,32,33,34);12-13,16,18-20,24H,2-11,14-15H2,1H3,(H-,22,25,26,27,28);10-11,14,16-18,22H,2-9,12-13H2,1H3,(H-,20,23,24,25,26);1H4/p+4/b10-9-;;;;/t22-,24+,25?,26-;19-,22+,23?,24-;16-,18+,19?,20-;14-,16+,17?,18-;/m1111./s1. The van der Waals surface area contributed by atoms with Crippen LogP contribution in [-0.4, -0.2) is 217 Å². The molecule has 4 saturated heterocycles. The van der Waals surface area contributed by atoms with E-state index in [1.165, 1.54) is 204 Å². The summed E-state index contributed by atoms with van der Waals surface area (Å²) in [6.07, 6.45) is 43.2. The Bertz CT molecular complexity index is 4570. The lowest BCUT2D eigenvalue weighted by Crippen LogP contribution is -2.40. The van der Waals surface area contributed by atoms with Crippen molar-refractivity contribution in [3.63, 3.8) is 0 Å². The number of aliphatic hydroxyl groups excluding tert-OH is 4. The number of nitrogens with one attached hydrogen (secondary N) is 5. The molecule has 0 spiro atoms. The summed E-state index contributed by atoms with van der Waals surface area (Å²) in [4.78, 5) is 152. The van der Waals surface area contributed by atoms with E-state index in [1.807, 2.05) is 0 Å². The van der Waals surface area contributed by atoms with Gasteiger partial charge in [0.15, 0.2) is 49.3 Å². The van der Waals surface area contributed by atoms with Gasteiger partial charge in [-0.2, -0.15) is 0 Å². The van der Waals surface area contributed by atoms with Crippen molar-refractivity contribution in [1.29, 1.82) is 0 Å². The van der Waals surface area contributed by atoms with Gasteiger partial charge < -0.3 is 63.6 Å². The van der Waals surface area contributed by atoms with Crippen LogP contribution in [0.25, 0.3) is 0 Å². The zero-order chi connectivity index (χ0) is 101. The maximum atomic E-state index is 12.3. The molecule has 792 valence electrons. The topological polar surface area (TPSA) is 589 Å². The van der Waals surface area contributed by atoms with E-state index in [0.717, 1.165) is 133 Å². The summed E-state index contributed by atoms with van der Waals surface area (Å²) in [6, 6.07) is 4.64. The summed E-state index contributed by atoms with van der Waals surface area (Å²) >= 11 is 0. The van der Waals surface area contributed by atoms with Crippen molar-refractivity contribution in [3.05, 3.63) is 145 Å². The Morgan fingerprint density at radius 1 is 0.324 bits per heavy atom. The SMILES string of the molecule is C.CCCCCCCC/C=C\CCCCCCCCOC1[C@@H](O[P+](=O)O)[C@@H](CO)O[C@H]1n1ccc(=O)[nH]c1=O.CCCCCCCCCC(=O)NCCCCCCOC1[C@@H](O[P+](=O)O)[C@@H](CO)O[C@H]1n1ccc(=O)[nH]c1=O.CCCCCCCCCCCCOC1[C@@H](O[P+](=O)O)[C@@H](CO)O[C@H]1n1ccc(=O)[nH]c1=O.CCCCCCCCCCOC1[C@@H](O[P+](=O)O)[C@@H](CO)O[C@H]1n1ccc(=O)[nH]c1=O. The van der Waals surface area contributed by atoms with Crippen LogP contribution in [0.1, 0.15) is 343 Å². The highest BCUT2D eigenvalue weighted by molar-refractivity contribution is 7.32. The molecular weight excluding hydrogens is 1890 g/mol. The minimum absolute atomic E-state index is 0. The van der Waals surface area contributed by atoms with Gasteiger partial charge in [-0.25, -0.2) is 19.2 Å². The van der Waals surface area contributed by atoms with E-state index in [0.29, 0.717) is 39.2 Å². The van der Waals surface area contributed by atoms with Gasteiger partial charge in [-0.05, 0) is 64.2 Å². The number of allylic oxidation sites excluding steroid dienone is 2. The number of hydrogen-bond acceptors (Lipinski definition) is 29. The quantitative estimate of drug-likeness (QED) is 0.0111. The lowest BCUT2D eigenvalue weighted by molar-refractivity contribution is -0.121. The van der Waals surface area contributed by atoms with Crippen molar-refractivity contribution in [2.75, 3.05) is 59.4 Å². The summed E-state index contributed by atoms with van der Waals surface area (Å²) in [5, 5.41) is 41.5. The smallest absolute Gasteiger partial charge is 0.394 e. The second-order valence-electron chi connectivity index (χ2n) is 34.9. The molecule has 0 aliphatic carbocycles. The molecule has 46 heteroatoms. The Morgan fingerprint density at radius 2 is 0.532 bits per heavy atom. The number of carbonyl (C=O) groups excluding carboxylic acids is 1. The predicted molar refractivity (Wildman–Crippen MR) is 522 cm³/mol. The van der Waals surface area contributed by atoms with Gasteiger partial charge in [0.1, 0.15) is 48.8 Å². The van der Waals surface area contributed by atoms with Crippen LogP contribution in [0.3, 0.4) is 0 Å². The van der Waals surface area contributed by atoms with Gasteiger partial charge in [-0.15, -0.1) is 37.7 Å². The zero-order valence-corrected chi connectivity index (χ0v) is 84.4. The number of nitrogens with zero attached hydrogens (tertiary/aromatic N) is 4. The van der Waals surface area contributed by atoms with Crippen LogP contribution in [0, 0.1) is 0 Å². The molecule has 20 atom stereocenters. The number of unbranched alkanes of at least 4 members (excludes halogenated alkanes) is 37. The molecule has 4 aromatic heterocycles. The largest absolute Gasteiger partial charge is 0.695 e. The second-order valence-corrected chi connectivity index (χ2v) is 37.6. The third-order valence-electron chi connectivity index (χ3n) is 24.0. The minimum Gasteiger partial charge on any atom is -0.394 e. The predicted octanol–water partition coefficient (Wildman–Crippen LogP) is 12.9. The van der Waals surface area contributed by atoms with Crippen molar-refractivity contribution < 1.29 is 119 Å². The lowest BCUT2D eigenvalue weighted by atomic mass is 10.1. The molecule has 0 radical (unpaired) electrons. The number of carbonyl (C=O) groups is 1. The molecule has 8 heterocycles. The molecule has 0 aromatic carbocycles. The van der Waals surface area contributed by atoms with Crippen molar-refractivity contribution in [2.45, 2.75) is 416 Å². The fourth-order valence-electron chi connectivity index (χ4n) is 16.7. The Hall–Kier alpha value is -6.47. The summed E-state index contributed by atoms with van der Waals surface area (Å²) in [7, 11) is -11.9. The first-order valence-corrected chi connectivity index (χ1v) is 54.3. The number of H-pyrrole nitrogens is 4. The monoisotopic (exact) mass is 2060 g/mol. The maximum absolute atomic E-state index is 12.3. The van der Waals surface area contributed by atoms with E-state index in [4.69, 9.17) is 56.0 Å². The summed E-state index contributed by atoms with van der Waals surface area (Å²) < 4.78 is 116. The number of aromatic nitrogens is 8. The summed E-state index contributed by atoms with van der Waals surface area (Å²) in [5.74, 6) is 0.0957. The highest BCUT2D eigenvalue weighted by atomic mass is 31.1. The van der Waals surface area contributed by atoms with E-state index >= 15 is 0 Å². The average Bonchev–Trinajstić information content (AvgIpc) is 1.66. The Labute approximate surface area is 817 Å². The minimum atomic E-state index is -3.02. The van der Waals surface area contributed by atoms with Gasteiger partial charge in [-0.3, -0.25) is 62.2 Å². The molecular formula is C93H161N9O33P4+4. The van der Waals surface area contributed by atoms with Crippen LogP contribution in [0.15, 0.2) is 99.6 Å². The zero-order valence-electron chi connectivity index (χ0n) is 80.8. The van der Waals surface area contributed by atoms with Crippen molar-refractivity contribution in [3.8, 4) is 0 Å². The van der Waals surface area contributed by atoms with E-state index in [2.05, 4.69) is 65.1 Å². The van der Waals surface area contributed by atoms with Gasteiger partial charge in [-0.1, -0.05) is 259 Å². The van der Waals surface area contributed by atoms with Crippen LogP contribution >= 0.6 is 33.0 Å². The van der Waals surface area contributed by atoms with E-state index in [1.54, 1.807) is 0 Å². The first-order valence-electron chi connectivity index (χ1n) is 49.8. The first-order chi connectivity index (χ1) is 66.8. The van der Waals surface area contributed by atoms with Gasteiger partial charge in [0.2, 0.25) is 5.91 Å². The number of aliphatic hydroxyl groups is 4. The fourth-order valence-corrected chi connectivity index (χ4v) is 18.5. The van der Waals surface area contributed by atoms with Crippen LogP contribution in [0.4, 0.5) is 0 Å². The molecule has 4 aliphatic heterocycles. The summed E-state index contributed by atoms with van der Waals surface area (Å²) in [5.41, 5.74) is -5.13. The molecule has 4 aromatic rings. The molecule has 4 fully saturated rings. The van der Waals surface area contributed by atoms with Gasteiger partial charge >= 0.3 is 55.8 Å². The third-order valence-corrected chi connectivity index (χ3v) is 25.7. The number of hydrogen-bond donors (Lipinski definition) is 13. The normalized spacial score (nSPS) is 22.5. The number of aromatic amines is 4. The first kappa shape index (κ1) is 125. The Kier molecular flexibility index (Phi) is 67.6. The van der Waals surface area contributed by atoms with Crippen molar-refractivity contribution >= 4 is 38.9 Å². The third kappa shape index (κ3) is 48.9. The van der Waals surface area contributed by atoms with E-state index in [9.17, 15) is 101 Å². The average molecular weight is 2060 g/mol. The van der Waals surface area contributed by atoms with Gasteiger partial charge in [0, 0.05) is 107 Å². The van der Waals surface area contributed by atoms with Crippen molar-refractivity contribution in [1.82, 2.24) is 43.5 Å². The van der Waals surface area contributed by atoms with Crippen LogP contribution in [0.2, 0.25) is 0 Å². The number of ether oxygens (including phenoxy) is 8. The molecule has 13 N–H and O–H groups in total. The molecule has 8 rings (SSSR count). The highest BCUT2D eigenvalue weighted by Gasteiger charge is 2.56. The van der Waals surface area contributed by atoms with Gasteiger partial charge in [0.25, 0.3) is 22.2 Å². The highest BCUT2D eigenvalue weighted by Crippen LogP contribution is 2.42. The van der Waals surface area contributed by atoms with Crippen molar-refractivity contribution in [2.24, 2.45) is 0 Å². The molecule has 139 heavy (non-hydrogen) atoms. The molecule has 4 aliphatic rings. The maximum Gasteiger partial charge on any atom is 0.695 e. The lowest BCUT2D eigenvalue weighted by Gasteiger charge is -2.22. The molecule has 0 saturated carbocycles. The summed E-state index contributed by atoms with van der Waals surface area (Å²) in [6.45, 7) is 8.77. The number of amides is 1. The van der Waals surface area contributed by atoms with Crippen LogP contribution < -0.4 is 50.3 Å². The molecule has 1 amide bonds. The number of rotatable bonds is 71. The molecule has 8 unspecified atom stereocenters. The van der Waals surface area contributed by atoms with Crippen LogP contribution in [-0.2, 0) is 79.0 Å². The molecule has 42 nitrogen and oxygen atoms in total. The van der Waals surface area contributed by atoms with E-state index in [-0.39, 0.29) is 19.9 Å². The van der Waals surface area contributed by atoms with Crippen LogP contribution in [0.5, 0.6) is 0 Å². The van der Waals surface area contributed by atoms with E-state index < -0.39 is 203 Å².